The second kappa shape index (κ2) is 7.15. The number of nitrogens with one attached hydrogen (secondary N) is 1. The molecule has 3 rings (SSSR count). The molecule has 1 atom stereocenters. The molecule has 1 fully saturated rings. The molecule has 1 unspecified atom stereocenters. The predicted octanol–water partition coefficient (Wildman–Crippen LogP) is 2.62. The summed E-state index contributed by atoms with van der Waals surface area (Å²) in [5, 5.41) is 11.6. The van der Waals surface area contributed by atoms with Gasteiger partial charge in [0.05, 0.1) is 12.1 Å². The van der Waals surface area contributed by atoms with E-state index >= 15 is 0 Å². The fourth-order valence-electron chi connectivity index (χ4n) is 2.77. The number of piperidine rings is 1. The number of hydrogen-bond donors (Lipinski definition) is 1. The third-order valence-electron chi connectivity index (χ3n) is 3.96. The molecular formula is C15H22N4OS. The predicted molar refractivity (Wildman–Crippen MR) is 84.2 cm³/mol. The number of rotatable bonds is 6. The van der Waals surface area contributed by atoms with E-state index in [0.717, 1.165) is 50.0 Å². The first kappa shape index (κ1) is 14.7. The summed E-state index contributed by atoms with van der Waals surface area (Å²) >= 11 is 1.64. The van der Waals surface area contributed by atoms with E-state index in [-0.39, 0.29) is 0 Å². The first-order valence-corrected chi connectivity index (χ1v) is 8.57. The third kappa shape index (κ3) is 3.90. The van der Waals surface area contributed by atoms with Crippen LogP contribution in [0.25, 0.3) is 11.5 Å². The van der Waals surface area contributed by atoms with Crippen molar-refractivity contribution in [3.63, 3.8) is 0 Å². The van der Waals surface area contributed by atoms with Crippen molar-refractivity contribution in [3.05, 3.63) is 22.7 Å². The Morgan fingerprint density at radius 3 is 3.19 bits per heavy atom. The lowest BCUT2D eigenvalue weighted by molar-refractivity contribution is 0.203. The summed E-state index contributed by atoms with van der Waals surface area (Å²) in [6.45, 7) is 7.36. The van der Waals surface area contributed by atoms with Gasteiger partial charge in [0.25, 0.3) is 5.89 Å². The zero-order chi connectivity index (χ0) is 14.5. The van der Waals surface area contributed by atoms with Gasteiger partial charge in [0, 0.05) is 11.9 Å². The number of nitrogens with zero attached hydrogens (tertiary/aromatic N) is 3. The molecule has 0 aromatic carbocycles. The summed E-state index contributed by atoms with van der Waals surface area (Å²) in [6, 6.07) is 2.01. The Kier molecular flexibility index (Phi) is 5.00. The summed E-state index contributed by atoms with van der Waals surface area (Å²) in [5.41, 5.74) is 1.01. The fraction of sp³-hybridized carbons (Fsp3) is 0.600. The van der Waals surface area contributed by atoms with Crippen LogP contribution in [0.4, 0.5) is 0 Å². The molecule has 2 aromatic rings. The van der Waals surface area contributed by atoms with Gasteiger partial charge in [-0.15, -0.1) is 0 Å². The molecule has 1 saturated heterocycles. The highest BCUT2D eigenvalue weighted by molar-refractivity contribution is 7.08. The molecule has 6 heteroatoms. The Bertz CT molecular complexity index is 534. The third-order valence-corrected chi connectivity index (χ3v) is 4.65. The smallest absolute Gasteiger partial charge is 0.258 e. The standard InChI is InChI=1S/C15H22N4OS/c1-2-19(9-12-4-3-6-16-8-12)10-14-17-15(20-18-14)13-5-7-21-11-13/h5,7,11-12,16H,2-4,6,8-10H2,1H3. The SMILES string of the molecule is CCN(Cc1noc(-c2ccsc2)n1)CC1CCCNC1. The van der Waals surface area contributed by atoms with E-state index in [1.807, 2.05) is 16.8 Å². The van der Waals surface area contributed by atoms with Gasteiger partial charge in [0.2, 0.25) is 0 Å². The average Bonchev–Trinajstić information content (AvgIpc) is 3.18. The van der Waals surface area contributed by atoms with Crippen LogP contribution in [0.1, 0.15) is 25.6 Å². The molecule has 2 aromatic heterocycles. The van der Waals surface area contributed by atoms with Crippen LogP contribution in [0, 0.1) is 5.92 Å². The molecule has 1 aliphatic heterocycles. The Labute approximate surface area is 129 Å². The van der Waals surface area contributed by atoms with Crippen LogP contribution in [-0.4, -0.2) is 41.2 Å². The lowest BCUT2D eigenvalue weighted by atomic mass is 9.99. The second-order valence-electron chi connectivity index (χ2n) is 5.57. The molecule has 114 valence electrons. The molecule has 0 aliphatic carbocycles. The van der Waals surface area contributed by atoms with Crippen LogP contribution in [0.15, 0.2) is 21.3 Å². The van der Waals surface area contributed by atoms with Gasteiger partial charge in [-0.3, -0.25) is 4.90 Å². The maximum atomic E-state index is 5.35. The Hall–Kier alpha value is -1.24. The Balaban J connectivity index is 1.58. The molecule has 0 radical (unpaired) electrons. The minimum absolute atomic E-state index is 0.627. The van der Waals surface area contributed by atoms with E-state index < -0.39 is 0 Å². The molecule has 5 nitrogen and oxygen atoms in total. The maximum Gasteiger partial charge on any atom is 0.258 e. The molecule has 0 bridgehead atoms. The van der Waals surface area contributed by atoms with Gasteiger partial charge < -0.3 is 9.84 Å². The van der Waals surface area contributed by atoms with Crippen LogP contribution < -0.4 is 5.32 Å². The zero-order valence-electron chi connectivity index (χ0n) is 12.4. The maximum absolute atomic E-state index is 5.35. The van der Waals surface area contributed by atoms with E-state index in [1.165, 1.54) is 12.8 Å². The van der Waals surface area contributed by atoms with Gasteiger partial charge in [-0.05, 0) is 49.8 Å². The highest BCUT2D eigenvalue weighted by Crippen LogP contribution is 2.20. The molecule has 0 amide bonds. The molecule has 3 heterocycles. The monoisotopic (exact) mass is 306 g/mol. The summed E-state index contributed by atoms with van der Waals surface area (Å²) in [7, 11) is 0. The summed E-state index contributed by atoms with van der Waals surface area (Å²) in [4.78, 5) is 6.91. The van der Waals surface area contributed by atoms with E-state index in [2.05, 4.69) is 27.3 Å². The van der Waals surface area contributed by atoms with E-state index in [9.17, 15) is 0 Å². The lowest BCUT2D eigenvalue weighted by Gasteiger charge is -2.28. The summed E-state index contributed by atoms with van der Waals surface area (Å²) < 4.78 is 5.35. The van der Waals surface area contributed by atoms with Gasteiger partial charge in [-0.1, -0.05) is 12.1 Å². The van der Waals surface area contributed by atoms with Gasteiger partial charge in [-0.2, -0.15) is 16.3 Å². The first-order valence-electron chi connectivity index (χ1n) is 7.63. The van der Waals surface area contributed by atoms with Crippen molar-refractivity contribution in [1.82, 2.24) is 20.4 Å². The number of hydrogen-bond acceptors (Lipinski definition) is 6. The van der Waals surface area contributed by atoms with Crippen LogP contribution in [0.5, 0.6) is 0 Å². The normalized spacial score (nSPS) is 19.2. The topological polar surface area (TPSA) is 54.2 Å². The van der Waals surface area contributed by atoms with E-state index in [0.29, 0.717) is 5.89 Å². The van der Waals surface area contributed by atoms with Crippen LogP contribution in [-0.2, 0) is 6.54 Å². The summed E-state index contributed by atoms with van der Waals surface area (Å²) in [5.74, 6) is 2.14. The van der Waals surface area contributed by atoms with Crippen molar-refractivity contribution < 1.29 is 4.52 Å². The molecule has 0 spiro atoms. The first-order chi connectivity index (χ1) is 10.3. The average molecular weight is 306 g/mol. The van der Waals surface area contributed by atoms with Gasteiger partial charge in [0.15, 0.2) is 5.82 Å². The van der Waals surface area contributed by atoms with Crippen molar-refractivity contribution in [1.29, 1.82) is 0 Å². The minimum Gasteiger partial charge on any atom is -0.334 e. The number of aromatic nitrogens is 2. The Morgan fingerprint density at radius 1 is 1.52 bits per heavy atom. The molecule has 21 heavy (non-hydrogen) atoms. The second-order valence-corrected chi connectivity index (χ2v) is 6.35. The van der Waals surface area contributed by atoms with E-state index in [1.54, 1.807) is 11.3 Å². The zero-order valence-corrected chi connectivity index (χ0v) is 13.2. The summed E-state index contributed by atoms with van der Waals surface area (Å²) in [6.07, 6.45) is 2.60. The van der Waals surface area contributed by atoms with Crippen molar-refractivity contribution in [3.8, 4) is 11.5 Å². The van der Waals surface area contributed by atoms with Crippen LogP contribution in [0.3, 0.4) is 0 Å². The molecular weight excluding hydrogens is 284 g/mol. The van der Waals surface area contributed by atoms with Gasteiger partial charge in [0.1, 0.15) is 0 Å². The largest absolute Gasteiger partial charge is 0.334 e. The quantitative estimate of drug-likeness (QED) is 0.889. The van der Waals surface area contributed by atoms with Crippen molar-refractivity contribution >= 4 is 11.3 Å². The van der Waals surface area contributed by atoms with Crippen molar-refractivity contribution in [2.24, 2.45) is 5.92 Å². The fourth-order valence-corrected chi connectivity index (χ4v) is 3.40. The van der Waals surface area contributed by atoms with Gasteiger partial charge >= 0.3 is 0 Å². The Morgan fingerprint density at radius 2 is 2.48 bits per heavy atom. The van der Waals surface area contributed by atoms with E-state index in [4.69, 9.17) is 4.52 Å². The lowest BCUT2D eigenvalue weighted by Crippen LogP contribution is -2.38. The molecule has 1 aliphatic rings. The van der Waals surface area contributed by atoms with Crippen LogP contribution >= 0.6 is 11.3 Å². The minimum atomic E-state index is 0.627. The van der Waals surface area contributed by atoms with Crippen molar-refractivity contribution in [2.45, 2.75) is 26.3 Å². The van der Waals surface area contributed by atoms with Crippen LogP contribution in [0.2, 0.25) is 0 Å². The highest BCUT2D eigenvalue weighted by atomic mass is 32.1. The van der Waals surface area contributed by atoms with Crippen molar-refractivity contribution in [2.75, 3.05) is 26.2 Å². The van der Waals surface area contributed by atoms with Gasteiger partial charge in [-0.25, -0.2) is 0 Å². The molecule has 0 saturated carbocycles. The number of thiophene rings is 1. The molecule has 1 N–H and O–H groups in total. The highest BCUT2D eigenvalue weighted by Gasteiger charge is 2.18.